The zero-order valence-corrected chi connectivity index (χ0v) is 17.2. The molecule has 0 aliphatic carbocycles. The van der Waals surface area contributed by atoms with Crippen LogP contribution in [0.5, 0.6) is 0 Å². The van der Waals surface area contributed by atoms with Gasteiger partial charge >= 0.3 is 0 Å². The van der Waals surface area contributed by atoms with Crippen molar-refractivity contribution in [2.75, 3.05) is 26.2 Å². The summed E-state index contributed by atoms with van der Waals surface area (Å²) in [5.41, 5.74) is 1.12. The Kier molecular flexibility index (Phi) is 5.49. The molecule has 0 N–H and O–H groups in total. The van der Waals surface area contributed by atoms with Gasteiger partial charge in [-0.1, -0.05) is 30.3 Å². The summed E-state index contributed by atoms with van der Waals surface area (Å²) in [7, 11) is 0. The minimum absolute atomic E-state index is 0.795. The van der Waals surface area contributed by atoms with E-state index in [4.69, 9.17) is 0 Å². The Balaban J connectivity index is 1.38. The highest BCUT2D eigenvalue weighted by atomic mass is 79.9. The van der Waals surface area contributed by atoms with Gasteiger partial charge in [-0.15, -0.1) is 11.3 Å². The molecular formula is C19H22BrN5S. The minimum Gasteiger partial charge on any atom is -0.296 e. The second kappa shape index (κ2) is 8.00. The molecule has 26 heavy (non-hydrogen) atoms. The van der Waals surface area contributed by atoms with Crippen LogP contribution >= 0.6 is 27.3 Å². The van der Waals surface area contributed by atoms with Crippen LogP contribution in [-0.2, 0) is 13.2 Å². The van der Waals surface area contributed by atoms with E-state index in [0.717, 1.165) is 56.6 Å². The average molecular weight is 432 g/mol. The van der Waals surface area contributed by atoms with Crippen LogP contribution in [0.1, 0.15) is 10.7 Å². The monoisotopic (exact) mass is 431 g/mol. The number of aromatic nitrogens is 3. The van der Waals surface area contributed by atoms with Gasteiger partial charge in [0.15, 0.2) is 5.82 Å². The number of rotatable bonds is 5. The maximum atomic E-state index is 4.63. The number of piperazine rings is 1. The molecule has 2 aromatic heterocycles. The van der Waals surface area contributed by atoms with E-state index in [2.05, 4.69) is 60.1 Å². The van der Waals surface area contributed by atoms with E-state index < -0.39 is 0 Å². The Morgan fingerprint density at radius 3 is 2.42 bits per heavy atom. The minimum atomic E-state index is 0.795. The molecule has 136 valence electrons. The van der Waals surface area contributed by atoms with E-state index in [-0.39, 0.29) is 0 Å². The third kappa shape index (κ3) is 4.23. The topological polar surface area (TPSA) is 37.2 Å². The quantitative estimate of drug-likeness (QED) is 0.614. The van der Waals surface area contributed by atoms with E-state index >= 15 is 0 Å². The predicted molar refractivity (Wildman–Crippen MR) is 109 cm³/mol. The van der Waals surface area contributed by atoms with Gasteiger partial charge in [0.05, 0.1) is 10.5 Å². The first-order valence-corrected chi connectivity index (χ1v) is 10.4. The Morgan fingerprint density at radius 1 is 1.00 bits per heavy atom. The van der Waals surface area contributed by atoms with Crippen molar-refractivity contribution in [3.05, 3.63) is 57.0 Å². The van der Waals surface area contributed by atoms with E-state index in [1.54, 1.807) is 0 Å². The lowest BCUT2D eigenvalue weighted by Gasteiger charge is -2.34. The zero-order chi connectivity index (χ0) is 17.9. The molecular weight excluding hydrogens is 410 g/mol. The second-order valence-corrected chi connectivity index (χ2v) is 9.14. The van der Waals surface area contributed by atoms with Crippen LogP contribution in [0, 0.1) is 6.92 Å². The van der Waals surface area contributed by atoms with Gasteiger partial charge in [-0.2, -0.15) is 5.10 Å². The van der Waals surface area contributed by atoms with Crippen LogP contribution < -0.4 is 0 Å². The van der Waals surface area contributed by atoms with Crippen LogP contribution in [0.4, 0.5) is 0 Å². The number of thiophene rings is 1. The van der Waals surface area contributed by atoms with Gasteiger partial charge in [-0.25, -0.2) is 9.67 Å². The Bertz CT molecular complexity index is 852. The number of nitrogens with zero attached hydrogens (tertiary/aromatic N) is 5. The van der Waals surface area contributed by atoms with Crippen molar-refractivity contribution in [1.82, 2.24) is 24.6 Å². The molecule has 7 heteroatoms. The molecule has 1 aliphatic rings. The lowest BCUT2D eigenvalue weighted by Crippen LogP contribution is -2.46. The fourth-order valence-corrected chi connectivity index (χ4v) is 4.82. The van der Waals surface area contributed by atoms with Gasteiger partial charge in [0, 0.05) is 43.2 Å². The van der Waals surface area contributed by atoms with Gasteiger partial charge in [-0.3, -0.25) is 9.80 Å². The van der Waals surface area contributed by atoms with Crippen LogP contribution in [0.15, 0.2) is 46.3 Å². The molecule has 1 aliphatic heterocycles. The number of aryl methyl sites for hydroxylation is 1. The van der Waals surface area contributed by atoms with Crippen molar-refractivity contribution < 1.29 is 0 Å². The molecule has 5 nitrogen and oxygen atoms in total. The van der Waals surface area contributed by atoms with Crippen LogP contribution in [0.2, 0.25) is 0 Å². The molecule has 1 aromatic carbocycles. The maximum Gasteiger partial charge on any atom is 0.159 e. The summed E-state index contributed by atoms with van der Waals surface area (Å²) in [6.07, 6.45) is 0. The van der Waals surface area contributed by atoms with Crippen LogP contribution in [0.3, 0.4) is 0 Å². The summed E-state index contributed by atoms with van der Waals surface area (Å²) in [6, 6.07) is 14.7. The standard InChI is InChI=1S/C19H22BrN5S/c1-15-21-19(16-5-3-2-4-6-16)25(22-15)14-24-11-9-23(10-12-24)13-17-7-8-18(20)26-17/h2-8H,9-14H2,1H3. The number of hydrogen-bond donors (Lipinski definition) is 0. The molecule has 0 radical (unpaired) electrons. The van der Waals surface area contributed by atoms with Gasteiger partial charge < -0.3 is 0 Å². The first kappa shape index (κ1) is 17.9. The third-order valence-electron chi connectivity index (χ3n) is 4.62. The molecule has 3 heterocycles. The van der Waals surface area contributed by atoms with Gasteiger partial charge in [0.1, 0.15) is 5.82 Å². The van der Waals surface area contributed by atoms with Crippen LogP contribution in [-0.4, -0.2) is 50.7 Å². The SMILES string of the molecule is Cc1nc(-c2ccccc2)n(CN2CCN(Cc3ccc(Br)s3)CC2)n1. The molecule has 0 unspecified atom stereocenters. The van der Waals surface area contributed by atoms with E-state index in [9.17, 15) is 0 Å². The summed E-state index contributed by atoms with van der Waals surface area (Å²) < 4.78 is 3.25. The average Bonchev–Trinajstić information content (AvgIpc) is 3.22. The molecule has 1 fully saturated rings. The highest BCUT2D eigenvalue weighted by molar-refractivity contribution is 9.11. The molecule has 4 rings (SSSR count). The summed E-state index contributed by atoms with van der Waals surface area (Å²) in [5, 5.41) is 4.62. The summed E-state index contributed by atoms with van der Waals surface area (Å²) in [6.45, 7) is 8.08. The number of halogens is 1. The first-order valence-electron chi connectivity index (χ1n) is 8.83. The van der Waals surface area contributed by atoms with Crippen LogP contribution in [0.25, 0.3) is 11.4 Å². The first-order chi connectivity index (χ1) is 12.7. The van der Waals surface area contributed by atoms with Crippen molar-refractivity contribution >= 4 is 27.3 Å². The summed E-state index contributed by atoms with van der Waals surface area (Å²) in [5.74, 6) is 1.78. The maximum absolute atomic E-state index is 4.63. The molecule has 0 amide bonds. The zero-order valence-electron chi connectivity index (χ0n) is 14.8. The van der Waals surface area contributed by atoms with Crippen molar-refractivity contribution in [3.63, 3.8) is 0 Å². The molecule has 0 saturated carbocycles. The van der Waals surface area contributed by atoms with E-state index in [0.29, 0.717) is 0 Å². The Hall–Kier alpha value is -1.54. The smallest absolute Gasteiger partial charge is 0.159 e. The molecule has 0 spiro atoms. The molecule has 1 saturated heterocycles. The Labute approximate surface area is 166 Å². The van der Waals surface area contributed by atoms with Gasteiger partial charge in [0.2, 0.25) is 0 Å². The molecule has 3 aromatic rings. The largest absolute Gasteiger partial charge is 0.296 e. The Morgan fingerprint density at radius 2 is 1.73 bits per heavy atom. The fraction of sp³-hybridized carbons (Fsp3) is 0.368. The van der Waals surface area contributed by atoms with Gasteiger partial charge in [0.25, 0.3) is 0 Å². The predicted octanol–water partition coefficient (Wildman–Crippen LogP) is 3.85. The number of hydrogen-bond acceptors (Lipinski definition) is 5. The summed E-state index contributed by atoms with van der Waals surface area (Å²) >= 11 is 5.37. The highest BCUT2D eigenvalue weighted by Crippen LogP contribution is 2.24. The lowest BCUT2D eigenvalue weighted by atomic mass is 10.2. The van der Waals surface area contributed by atoms with Crippen molar-refractivity contribution in [1.29, 1.82) is 0 Å². The van der Waals surface area contributed by atoms with E-state index in [1.165, 1.54) is 8.66 Å². The second-order valence-electron chi connectivity index (χ2n) is 6.59. The van der Waals surface area contributed by atoms with Crippen molar-refractivity contribution in [3.8, 4) is 11.4 Å². The molecule has 0 bridgehead atoms. The molecule has 0 atom stereocenters. The van der Waals surface area contributed by atoms with Crippen molar-refractivity contribution in [2.24, 2.45) is 0 Å². The third-order valence-corrected chi connectivity index (χ3v) is 6.23. The fourth-order valence-electron chi connectivity index (χ4n) is 3.29. The van der Waals surface area contributed by atoms with Crippen molar-refractivity contribution in [2.45, 2.75) is 20.1 Å². The van der Waals surface area contributed by atoms with Gasteiger partial charge in [-0.05, 0) is 35.0 Å². The highest BCUT2D eigenvalue weighted by Gasteiger charge is 2.19. The normalized spacial score (nSPS) is 16.2. The summed E-state index contributed by atoms with van der Waals surface area (Å²) in [4.78, 5) is 11.0. The van der Waals surface area contributed by atoms with E-state index in [1.807, 2.05) is 41.1 Å². The number of benzene rings is 1. The lowest BCUT2D eigenvalue weighted by molar-refractivity contribution is 0.0998.